The van der Waals surface area contributed by atoms with Gasteiger partial charge in [0.05, 0.1) is 16.8 Å². The first-order valence-corrected chi connectivity index (χ1v) is 9.89. The van der Waals surface area contributed by atoms with Crippen LogP contribution in [-0.2, 0) is 5.41 Å². The van der Waals surface area contributed by atoms with E-state index >= 15 is 0 Å². The summed E-state index contributed by atoms with van der Waals surface area (Å²) in [6.07, 6.45) is 1.60. The van der Waals surface area contributed by atoms with Crippen molar-refractivity contribution in [1.82, 2.24) is 10.1 Å². The number of benzene rings is 2. The zero-order chi connectivity index (χ0) is 21.7. The molecule has 0 bridgehead atoms. The fourth-order valence-electron chi connectivity index (χ4n) is 2.75. The molecule has 0 aliphatic rings. The minimum absolute atomic E-state index is 0.0846. The summed E-state index contributed by atoms with van der Waals surface area (Å²) >= 11 is 0. The lowest BCUT2D eigenvalue weighted by atomic mass is 9.93. The zero-order valence-electron chi connectivity index (χ0n) is 18.1. The number of fused-ring (bicyclic) bond motifs is 1. The van der Waals surface area contributed by atoms with E-state index < -0.39 is 0 Å². The van der Waals surface area contributed by atoms with E-state index in [1.165, 1.54) is 0 Å². The lowest BCUT2D eigenvalue weighted by Gasteiger charge is -2.11. The molecular weight excluding hydrogens is 374 g/mol. The van der Waals surface area contributed by atoms with Crippen molar-refractivity contribution < 1.29 is 9.32 Å². The lowest BCUT2D eigenvalue weighted by molar-refractivity contribution is 0.102. The minimum atomic E-state index is -0.146. The largest absolute Gasteiger partial charge is 0.361 e. The molecule has 0 spiro atoms. The first-order chi connectivity index (χ1) is 14.2. The van der Waals surface area contributed by atoms with Crippen LogP contribution in [0.5, 0.6) is 0 Å². The molecule has 1 N–H and O–H groups in total. The molecule has 0 aliphatic carbocycles. The van der Waals surface area contributed by atoms with Crippen molar-refractivity contribution in [3.05, 3.63) is 89.4 Å². The van der Waals surface area contributed by atoms with Crippen LogP contribution in [0.3, 0.4) is 0 Å². The molecule has 2 aromatic carbocycles. The third-order valence-corrected chi connectivity index (χ3v) is 4.53. The number of aryl methyl sites for hydroxylation is 2. The Balaban J connectivity index is 0.000000216. The molecule has 1 amide bonds. The maximum absolute atomic E-state index is 12.2. The molecule has 2 heterocycles. The first-order valence-electron chi connectivity index (χ1n) is 9.89. The van der Waals surface area contributed by atoms with Crippen molar-refractivity contribution in [2.75, 3.05) is 5.32 Å². The quantitative estimate of drug-likeness (QED) is 0.442. The van der Waals surface area contributed by atoms with E-state index in [4.69, 9.17) is 4.52 Å². The summed E-state index contributed by atoms with van der Waals surface area (Å²) in [4.78, 5) is 16.5. The monoisotopic (exact) mass is 401 g/mol. The first kappa shape index (κ1) is 21.2. The molecule has 0 atom stereocenters. The van der Waals surface area contributed by atoms with E-state index in [2.05, 4.69) is 36.2 Å². The molecule has 0 unspecified atom stereocenters. The van der Waals surface area contributed by atoms with Crippen molar-refractivity contribution in [3.8, 4) is 0 Å². The maximum Gasteiger partial charge on any atom is 0.257 e. The fourth-order valence-corrected chi connectivity index (χ4v) is 2.75. The van der Waals surface area contributed by atoms with E-state index in [0.29, 0.717) is 5.56 Å². The highest BCUT2D eigenvalue weighted by atomic mass is 16.5. The summed E-state index contributed by atoms with van der Waals surface area (Å²) in [5.41, 5.74) is 4.43. The average Bonchev–Trinajstić information content (AvgIpc) is 3.17. The smallest absolute Gasteiger partial charge is 0.257 e. The van der Waals surface area contributed by atoms with Gasteiger partial charge in [0, 0.05) is 28.8 Å². The van der Waals surface area contributed by atoms with Crippen molar-refractivity contribution in [2.24, 2.45) is 0 Å². The number of carbonyl (C=O) groups is 1. The number of carbonyl (C=O) groups excluding carboxylic acids is 1. The second-order valence-electron chi connectivity index (χ2n) is 8.32. The molecule has 0 aliphatic heterocycles. The summed E-state index contributed by atoms with van der Waals surface area (Å²) < 4.78 is 5.08. The Bertz CT molecular complexity index is 1140. The molecule has 0 fully saturated rings. The van der Waals surface area contributed by atoms with E-state index in [1.54, 1.807) is 6.20 Å². The van der Waals surface area contributed by atoms with Crippen molar-refractivity contribution in [2.45, 2.75) is 40.0 Å². The van der Waals surface area contributed by atoms with Gasteiger partial charge in [0.1, 0.15) is 5.76 Å². The number of nitrogens with one attached hydrogen (secondary N) is 1. The molecule has 30 heavy (non-hydrogen) atoms. The van der Waals surface area contributed by atoms with Gasteiger partial charge in [0.2, 0.25) is 0 Å². The van der Waals surface area contributed by atoms with Gasteiger partial charge in [-0.05, 0) is 38.1 Å². The van der Waals surface area contributed by atoms with Crippen LogP contribution in [0, 0.1) is 13.8 Å². The van der Waals surface area contributed by atoms with E-state index in [9.17, 15) is 4.79 Å². The van der Waals surface area contributed by atoms with Crippen molar-refractivity contribution in [3.63, 3.8) is 0 Å². The summed E-state index contributed by atoms with van der Waals surface area (Å²) in [5, 5.41) is 7.64. The Labute approximate surface area is 177 Å². The highest BCUT2D eigenvalue weighted by Crippen LogP contribution is 2.22. The number of hydrogen-bond acceptors (Lipinski definition) is 4. The molecule has 5 heteroatoms. The minimum Gasteiger partial charge on any atom is -0.361 e. The number of rotatable bonds is 2. The number of aromatic nitrogens is 2. The summed E-state index contributed by atoms with van der Waals surface area (Å²) in [7, 11) is 0. The van der Waals surface area contributed by atoms with Gasteiger partial charge >= 0.3 is 0 Å². The lowest BCUT2D eigenvalue weighted by Crippen LogP contribution is -2.12. The Kier molecular flexibility index (Phi) is 6.31. The maximum atomic E-state index is 12.2. The van der Waals surface area contributed by atoms with Crippen LogP contribution in [0.15, 0.2) is 71.4 Å². The molecule has 4 rings (SSSR count). The van der Waals surface area contributed by atoms with E-state index in [-0.39, 0.29) is 11.3 Å². The van der Waals surface area contributed by atoms with Crippen LogP contribution < -0.4 is 5.32 Å². The van der Waals surface area contributed by atoms with Gasteiger partial charge in [-0.25, -0.2) is 0 Å². The molecule has 2 aromatic heterocycles. The standard InChI is InChI=1S/C17H14N2O.C8H13NO/c1-12-6-8-15(9-7-12)19-17(20)14-10-13-4-2-3-5-16(13)18-11-14;1-6-5-7(10-9-6)8(2,3)4/h2-11H,1H3,(H,19,20);5H,1-4H3. The summed E-state index contributed by atoms with van der Waals surface area (Å²) in [5.74, 6) is 0.803. The Morgan fingerprint density at radius 1 is 0.967 bits per heavy atom. The van der Waals surface area contributed by atoms with Crippen LogP contribution in [0.1, 0.15) is 48.1 Å². The third-order valence-electron chi connectivity index (χ3n) is 4.53. The predicted octanol–water partition coefficient (Wildman–Crippen LogP) is 6.08. The van der Waals surface area contributed by atoms with Gasteiger partial charge in [-0.1, -0.05) is 61.8 Å². The second-order valence-corrected chi connectivity index (χ2v) is 8.32. The molecule has 5 nitrogen and oxygen atoms in total. The van der Waals surface area contributed by atoms with Gasteiger partial charge < -0.3 is 9.84 Å². The Morgan fingerprint density at radius 3 is 2.27 bits per heavy atom. The van der Waals surface area contributed by atoms with Gasteiger partial charge in [-0.15, -0.1) is 0 Å². The average molecular weight is 402 g/mol. The van der Waals surface area contributed by atoms with Gasteiger partial charge in [-0.2, -0.15) is 0 Å². The van der Waals surface area contributed by atoms with E-state index in [0.717, 1.165) is 33.6 Å². The predicted molar refractivity (Wildman–Crippen MR) is 121 cm³/mol. The highest BCUT2D eigenvalue weighted by Gasteiger charge is 2.18. The molecule has 154 valence electrons. The van der Waals surface area contributed by atoms with E-state index in [1.807, 2.05) is 74.5 Å². The van der Waals surface area contributed by atoms with Crippen LogP contribution in [0.4, 0.5) is 5.69 Å². The van der Waals surface area contributed by atoms with Crippen LogP contribution in [-0.4, -0.2) is 16.0 Å². The highest BCUT2D eigenvalue weighted by molar-refractivity contribution is 6.05. The van der Waals surface area contributed by atoms with Crippen molar-refractivity contribution >= 4 is 22.5 Å². The normalized spacial score (nSPS) is 11.0. The second kappa shape index (κ2) is 8.91. The number of amides is 1. The van der Waals surface area contributed by atoms with Gasteiger partial charge in [0.15, 0.2) is 0 Å². The van der Waals surface area contributed by atoms with Crippen molar-refractivity contribution in [1.29, 1.82) is 0 Å². The van der Waals surface area contributed by atoms with Crippen LogP contribution >= 0.6 is 0 Å². The summed E-state index contributed by atoms with van der Waals surface area (Å²) in [6.45, 7) is 10.3. The molecule has 0 saturated heterocycles. The molecular formula is C25H27N3O2. The fraction of sp³-hybridized carbons (Fsp3) is 0.240. The Morgan fingerprint density at radius 2 is 1.67 bits per heavy atom. The topological polar surface area (TPSA) is 68.0 Å². The van der Waals surface area contributed by atoms with Gasteiger partial charge in [-0.3, -0.25) is 9.78 Å². The summed E-state index contributed by atoms with van der Waals surface area (Å²) in [6, 6.07) is 19.3. The molecule has 4 aromatic rings. The third kappa shape index (κ3) is 5.54. The molecule has 0 saturated carbocycles. The molecule has 0 radical (unpaired) electrons. The number of para-hydroxylation sites is 1. The number of anilines is 1. The number of hydrogen-bond donors (Lipinski definition) is 1. The SMILES string of the molecule is Cc1cc(C(C)(C)C)on1.Cc1ccc(NC(=O)c2cnc3ccccc3c2)cc1. The number of pyridine rings is 1. The Hall–Kier alpha value is -3.47. The zero-order valence-corrected chi connectivity index (χ0v) is 18.1. The van der Waals surface area contributed by atoms with Crippen LogP contribution in [0.25, 0.3) is 10.9 Å². The van der Waals surface area contributed by atoms with Gasteiger partial charge in [0.25, 0.3) is 5.91 Å². The number of nitrogens with zero attached hydrogens (tertiary/aromatic N) is 2. The van der Waals surface area contributed by atoms with Crippen LogP contribution in [0.2, 0.25) is 0 Å².